The molecule has 0 saturated carbocycles. The van der Waals surface area contributed by atoms with Crippen molar-refractivity contribution in [2.45, 2.75) is 38.8 Å². The molecule has 0 aromatic rings. The molecular formula is C6H11F3. The van der Waals surface area contributed by atoms with Gasteiger partial charge in [0, 0.05) is 0 Å². The molecule has 0 N–H and O–H groups in total. The van der Waals surface area contributed by atoms with E-state index in [9.17, 15) is 13.2 Å². The first-order valence-corrected chi connectivity index (χ1v) is 3.04. The molecule has 0 aliphatic rings. The van der Waals surface area contributed by atoms with Gasteiger partial charge in [-0.1, -0.05) is 13.8 Å². The molecule has 56 valence electrons. The van der Waals surface area contributed by atoms with Crippen molar-refractivity contribution in [3.63, 3.8) is 0 Å². The fraction of sp³-hybridized carbons (Fsp3) is 1.00. The lowest BCUT2D eigenvalue weighted by Gasteiger charge is -2.19. The first kappa shape index (κ1) is 8.79. The van der Waals surface area contributed by atoms with E-state index in [1.165, 1.54) is 13.8 Å². The third-order valence-corrected chi connectivity index (χ3v) is 1.57. The quantitative estimate of drug-likeness (QED) is 0.565. The van der Waals surface area contributed by atoms with Gasteiger partial charge in [-0.05, 0) is 12.8 Å². The number of rotatable bonds is 3. The second-order valence-corrected chi connectivity index (χ2v) is 2.04. The molecular weight excluding hydrogens is 129 g/mol. The molecule has 0 spiro atoms. The average molecular weight is 140 g/mol. The summed E-state index contributed by atoms with van der Waals surface area (Å²) >= 11 is 0. The molecule has 0 unspecified atom stereocenters. The third kappa shape index (κ3) is 1.88. The second kappa shape index (κ2) is 3.08. The van der Waals surface area contributed by atoms with Crippen molar-refractivity contribution in [3.8, 4) is 0 Å². The summed E-state index contributed by atoms with van der Waals surface area (Å²) in [6.07, 6.45) is -3.06. The fourth-order valence-corrected chi connectivity index (χ4v) is 0.559. The normalized spacial score (nSPS) is 12.7. The molecule has 0 aromatic heterocycles. The summed E-state index contributed by atoms with van der Waals surface area (Å²) in [4.78, 5) is 0. The number of halogens is 3. The molecule has 0 aromatic carbocycles. The third-order valence-electron chi connectivity index (χ3n) is 1.57. The van der Waals surface area contributed by atoms with Gasteiger partial charge in [-0.15, -0.1) is 0 Å². The van der Waals surface area contributed by atoms with Crippen LogP contribution in [0.1, 0.15) is 26.7 Å². The largest absolute Gasteiger partial charge is 0.272 e. The molecule has 0 fully saturated rings. The Labute approximate surface area is 53.1 Å². The Morgan fingerprint density at radius 1 is 1.22 bits per heavy atom. The predicted octanol–water partition coefficient (Wildman–Crippen LogP) is 2.78. The summed E-state index contributed by atoms with van der Waals surface area (Å²) in [6.45, 7) is 2.85. The molecule has 3 heteroatoms. The van der Waals surface area contributed by atoms with Crippen molar-refractivity contribution < 1.29 is 13.2 Å². The minimum atomic E-state index is -2.84. The maximum Gasteiger partial charge on any atom is 0.272 e. The number of hydrogen-bond acceptors (Lipinski definition) is 0. The highest BCUT2D eigenvalue weighted by atomic mass is 19.3. The van der Waals surface area contributed by atoms with Crippen LogP contribution in [0.2, 0.25) is 0 Å². The second-order valence-electron chi connectivity index (χ2n) is 2.04. The van der Waals surface area contributed by atoms with E-state index in [1.807, 2.05) is 0 Å². The molecule has 0 atom stereocenters. The van der Waals surface area contributed by atoms with Gasteiger partial charge in [0.1, 0.15) is 0 Å². The van der Waals surface area contributed by atoms with E-state index >= 15 is 0 Å². The Bertz CT molecular complexity index is 76.4. The zero-order valence-electron chi connectivity index (χ0n) is 5.63. The van der Waals surface area contributed by atoms with E-state index < -0.39 is 12.1 Å². The van der Waals surface area contributed by atoms with Crippen LogP contribution in [0.15, 0.2) is 0 Å². The van der Waals surface area contributed by atoms with E-state index in [0.717, 1.165) is 0 Å². The van der Waals surface area contributed by atoms with E-state index in [2.05, 4.69) is 0 Å². The Kier molecular flexibility index (Phi) is 3.01. The standard InChI is InChI=1S/C6H11F3/c1-3-6(9,4-2)5(7)8/h5H,3-4H2,1-2H3. The molecule has 0 saturated heterocycles. The van der Waals surface area contributed by atoms with Crippen molar-refractivity contribution in [1.29, 1.82) is 0 Å². The maximum atomic E-state index is 12.6. The molecule has 0 rings (SSSR count). The summed E-state index contributed by atoms with van der Waals surface area (Å²) in [6, 6.07) is 0. The predicted molar refractivity (Wildman–Crippen MR) is 30.4 cm³/mol. The zero-order valence-corrected chi connectivity index (χ0v) is 5.63. The van der Waals surface area contributed by atoms with E-state index in [4.69, 9.17) is 0 Å². The van der Waals surface area contributed by atoms with Gasteiger partial charge >= 0.3 is 0 Å². The van der Waals surface area contributed by atoms with Crippen LogP contribution in [0, 0.1) is 0 Å². The highest BCUT2D eigenvalue weighted by molar-refractivity contribution is 4.77. The van der Waals surface area contributed by atoms with Crippen LogP contribution in [-0.4, -0.2) is 12.1 Å². The van der Waals surface area contributed by atoms with Gasteiger partial charge in [0.15, 0.2) is 5.67 Å². The summed E-state index contributed by atoms with van der Waals surface area (Å²) in [5.41, 5.74) is -2.25. The zero-order chi connectivity index (χ0) is 7.49. The van der Waals surface area contributed by atoms with Gasteiger partial charge in [0.2, 0.25) is 0 Å². The minimum absolute atomic E-state index is 0.110. The highest BCUT2D eigenvalue weighted by Crippen LogP contribution is 2.27. The van der Waals surface area contributed by atoms with Gasteiger partial charge in [-0.25, -0.2) is 13.2 Å². The highest BCUT2D eigenvalue weighted by Gasteiger charge is 2.35. The molecule has 0 heterocycles. The molecule has 0 aliphatic carbocycles. The topological polar surface area (TPSA) is 0 Å². The first-order chi connectivity index (χ1) is 4.06. The van der Waals surface area contributed by atoms with E-state index in [1.54, 1.807) is 0 Å². The summed E-state index contributed by atoms with van der Waals surface area (Å²) in [5, 5.41) is 0. The SMILES string of the molecule is CCC(F)(CC)C(F)F. The molecule has 9 heavy (non-hydrogen) atoms. The van der Waals surface area contributed by atoms with Crippen molar-refractivity contribution in [1.82, 2.24) is 0 Å². The van der Waals surface area contributed by atoms with Crippen LogP contribution in [0.3, 0.4) is 0 Å². The van der Waals surface area contributed by atoms with Crippen LogP contribution >= 0.6 is 0 Å². The van der Waals surface area contributed by atoms with E-state index in [-0.39, 0.29) is 12.8 Å². The summed E-state index contributed by atoms with van der Waals surface area (Å²) in [5.74, 6) is 0. The molecule has 0 aliphatic heterocycles. The molecule has 0 nitrogen and oxygen atoms in total. The average Bonchev–Trinajstić information content (AvgIpc) is 1.86. The van der Waals surface area contributed by atoms with Gasteiger partial charge in [0.05, 0.1) is 0 Å². The monoisotopic (exact) mass is 140 g/mol. The van der Waals surface area contributed by atoms with Crippen molar-refractivity contribution in [2.24, 2.45) is 0 Å². The Hall–Kier alpha value is -0.210. The van der Waals surface area contributed by atoms with Crippen molar-refractivity contribution in [2.75, 3.05) is 0 Å². The number of hydrogen-bond donors (Lipinski definition) is 0. The summed E-state index contributed by atoms with van der Waals surface area (Å²) < 4.78 is 36.0. The van der Waals surface area contributed by atoms with Crippen LogP contribution in [0.5, 0.6) is 0 Å². The van der Waals surface area contributed by atoms with Crippen LogP contribution in [0.25, 0.3) is 0 Å². The maximum absolute atomic E-state index is 12.6. The minimum Gasteiger partial charge on any atom is -0.238 e. The lowest BCUT2D eigenvalue weighted by Crippen LogP contribution is -2.29. The molecule has 0 amide bonds. The van der Waals surface area contributed by atoms with Crippen molar-refractivity contribution >= 4 is 0 Å². The van der Waals surface area contributed by atoms with Crippen molar-refractivity contribution in [3.05, 3.63) is 0 Å². The smallest absolute Gasteiger partial charge is 0.238 e. The van der Waals surface area contributed by atoms with E-state index in [0.29, 0.717) is 0 Å². The van der Waals surface area contributed by atoms with Gasteiger partial charge in [-0.2, -0.15) is 0 Å². The Morgan fingerprint density at radius 2 is 1.56 bits per heavy atom. The van der Waals surface area contributed by atoms with Gasteiger partial charge in [0.25, 0.3) is 6.43 Å². The summed E-state index contributed by atoms with van der Waals surface area (Å²) in [7, 11) is 0. The Balaban J connectivity index is 3.92. The lowest BCUT2D eigenvalue weighted by atomic mass is 10.0. The van der Waals surface area contributed by atoms with Crippen LogP contribution in [0.4, 0.5) is 13.2 Å². The van der Waals surface area contributed by atoms with Gasteiger partial charge in [-0.3, -0.25) is 0 Å². The molecule has 0 radical (unpaired) electrons. The lowest BCUT2D eigenvalue weighted by molar-refractivity contribution is -0.0395. The van der Waals surface area contributed by atoms with Gasteiger partial charge < -0.3 is 0 Å². The van der Waals surface area contributed by atoms with Crippen LogP contribution < -0.4 is 0 Å². The molecule has 0 bridgehead atoms. The number of alkyl halides is 3. The first-order valence-electron chi connectivity index (χ1n) is 3.04. The Morgan fingerprint density at radius 3 is 1.56 bits per heavy atom. The fourth-order valence-electron chi connectivity index (χ4n) is 0.559. The van der Waals surface area contributed by atoms with Crippen LogP contribution in [-0.2, 0) is 0 Å².